The Labute approximate surface area is 156 Å². The summed E-state index contributed by atoms with van der Waals surface area (Å²) in [6.07, 6.45) is 2.04. The molecular weight excluding hydrogens is 382 g/mol. The molecule has 3 aromatic rings. The van der Waals surface area contributed by atoms with Gasteiger partial charge in [-0.1, -0.05) is 0 Å². The van der Waals surface area contributed by atoms with Crippen molar-refractivity contribution < 1.29 is 27.4 Å². The van der Waals surface area contributed by atoms with E-state index in [0.717, 1.165) is 35.4 Å². The molecular formula is C17H15F4N5O2. The van der Waals surface area contributed by atoms with Gasteiger partial charge in [-0.2, -0.15) is 8.78 Å². The molecule has 0 bridgehead atoms. The van der Waals surface area contributed by atoms with Crippen molar-refractivity contribution >= 4 is 0 Å². The maximum Gasteiger partial charge on any atom is 0.323 e. The molecule has 0 saturated carbocycles. The molecule has 0 aliphatic rings. The molecule has 0 radical (unpaired) electrons. The van der Waals surface area contributed by atoms with Gasteiger partial charge in [-0.25, -0.2) is 13.5 Å². The van der Waals surface area contributed by atoms with Gasteiger partial charge in [0.15, 0.2) is 5.60 Å². The van der Waals surface area contributed by atoms with E-state index in [2.05, 4.69) is 20.5 Å². The molecule has 11 heteroatoms. The second-order valence-electron chi connectivity index (χ2n) is 5.88. The molecule has 3 rings (SSSR count). The maximum atomic E-state index is 15.4. The van der Waals surface area contributed by atoms with Crippen LogP contribution in [-0.4, -0.2) is 36.9 Å². The number of hydrogen-bond acceptors (Lipinski definition) is 6. The number of hydrogen-bond donors (Lipinski definition) is 1. The normalized spacial score (nSPS) is 13.9. The lowest BCUT2D eigenvalue weighted by atomic mass is 9.84. The van der Waals surface area contributed by atoms with Gasteiger partial charge >= 0.3 is 5.92 Å². The Morgan fingerprint density at radius 2 is 1.96 bits per heavy atom. The van der Waals surface area contributed by atoms with Gasteiger partial charge in [-0.15, -0.1) is 5.10 Å². The van der Waals surface area contributed by atoms with Crippen molar-refractivity contribution in [3.63, 3.8) is 0 Å². The highest BCUT2D eigenvalue weighted by molar-refractivity contribution is 5.32. The van der Waals surface area contributed by atoms with Crippen LogP contribution in [0.15, 0.2) is 42.9 Å². The molecule has 0 saturated heterocycles. The molecule has 148 valence electrons. The van der Waals surface area contributed by atoms with Crippen LogP contribution in [0.2, 0.25) is 0 Å². The fraction of sp³-hybridized carbons (Fsp3) is 0.294. The predicted molar refractivity (Wildman–Crippen MR) is 87.4 cm³/mol. The fourth-order valence-electron chi connectivity index (χ4n) is 2.70. The molecule has 0 aliphatic carbocycles. The first kappa shape index (κ1) is 19.7. The lowest BCUT2D eigenvalue weighted by Crippen LogP contribution is -2.48. The first-order valence-electron chi connectivity index (χ1n) is 8.13. The van der Waals surface area contributed by atoms with E-state index in [1.807, 2.05) is 0 Å². The van der Waals surface area contributed by atoms with E-state index >= 15 is 8.78 Å². The van der Waals surface area contributed by atoms with Crippen LogP contribution in [0.4, 0.5) is 17.6 Å². The number of tetrazole rings is 1. The molecule has 28 heavy (non-hydrogen) atoms. The van der Waals surface area contributed by atoms with Crippen LogP contribution in [0.3, 0.4) is 0 Å². The van der Waals surface area contributed by atoms with Gasteiger partial charge < -0.3 is 9.84 Å². The van der Waals surface area contributed by atoms with Crippen LogP contribution in [0.25, 0.3) is 0 Å². The van der Waals surface area contributed by atoms with Gasteiger partial charge in [-0.3, -0.25) is 4.98 Å². The first-order valence-corrected chi connectivity index (χ1v) is 8.13. The maximum absolute atomic E-state index is 15.4. The number of alkyl halides is 2. The van der Waals surface area contributed by atoms with Crippen molar-refractivity contribution in [2.45, 2.75) is 25.0 Å². The summed E-state index contributed by atoms with van der Waals surface area (Å²) in [5, 5.41) is 21.1. The third-order valence-corrected chi connectivity index (χ3v) is 4.05. The summed E-state index contributed by atoms with van der Waals surface area (Å²) < 4.78 is 64.4. The highest BCUT2D eigenvalue weighted by Crippen LogP contribution is 2.46. The van der Waals surface area contributed by atoms with E-state index in [0.29, 0.717) is 12.7 Å². The van der Waals surface area contributed by atoms with Gasteiger partial charge in [0.05, 0.1) is 19.3 Å². The van der Waals surface area contributed by atoms with Crippen molar-refractivity contribution in [2.24, 2.45) is 0 Å². The van der Waals surface area contributed by atoms with Crippen LogP contribution in [0.1, 0.15) is 18.2 Å². The van der Waals surface area contributed by atoms with Crippen LogP contribution in [0.5, 0.6) is 5.75 Å². The van der Waals surface area contributed by atoms with Gasteiger partial charge in [0, 0.05) is 11.6 Å². The van der Waals surface area contributed by atoms with E-state index < -0.39 is 41.0 Å². The average Bonchev–Trinajstić information content (AvgIpc) is 3.15. The Morgan fingerprint density at radius 3 is 2.54 bits per heavy atom. The Bertz CT molecular complexity index is 937. The number of nitrogens with zero attached hydrogens (tertiary/aromatic N) is 5. The van der Waals surface area contributed by atoms with E-state index in [1.54, 1.807) is 6.92 Å². The zero-order valence-electron chi connectivity index (χ0n) is 14.6. The monoisotopic (exact) mass is 397 g/mol. The minimum Gasteiger partial charge on any atom is -0.492 e. The highest BCUT2D eigenvalue weighted by Gasteiger charge is 2.58. The number of benzene rings is 1. The summed E-state index contributed by atoms with van der Waals surface area (Å²) in [5.41, 5.74) is -4.83. The molecule has 0 aliphatic heterocycles. The van der Waals surface area contributed by atoms with Gasteiger partial charge in [0.25, 0.3) is 0 Å². The van der Waals surface area contributed by atoms with Gasteiger partial charge in [0.1, 0.15) is 29.4 Å². The molecule has 7 nitrogen and oxygen atoms in total. The summed E-state index contributed by atoms with van der Waals surface area (Å²) in [7, 11) is 0. The lowest BCUT2D eigenvalue weighted by molar-refractivity contribution is -0.207. The number of aromatic nitrogens is 5. The second kappa shape index (κ2) is 7.50. The van der Waals surface area contributed by atoms with E-state index in [9.17, 15) is 13.9 Å². The average molecular weight is 397 g/mol. The topological polar surface area (TPSA) is 86.0 Å². The number of pyridine rings is 1. The van der Waals surface area contributed by atoms with Crippen molar-refractivity contribution in [3.8, 4) is 5.75 Å². The molecule has 1 aromatic carbocycles. The Hall–Kier alpha value is -3.08. The van der Waals surface area contributed by atoms with Crippen molar-refractivity contribution in [2.75, 3.05) is 6.61 Å². The van der Waals surface area contributed by atoms with Gasteiger partial charge in [0.2, 0.25) is 0 Å². The molecule has 0 spiro atoms. The number of ether oxygens (including phenoxy) is 1. The van der Waals surface area contributed by atoms with Crippen LogP contribution >= 0.6 is 0 Å². The number of halogens is 4. The quantitative estimate of drug-likeness (QED) is 0.617. The number of rotatable bonds is 7. The summed E-state index contributed by atoms with van der Waals surface area (Å²) in [5.74, 6) is -6.17. The van der Waals surface area contributed by atoms with E-state index in [-0.39, 0.29) is 5.75 Å². The summed E-state index contributed by atoms with van der Waals surface area (Å²) >= 11 is 0. The van der Waals surface area contributed by atoms with Crippen molar-refractivity contribution in [1.82, 2.24) is 25.2 Å². The zero-order chi connectivity index (χ0) is 20.4. The molecule has 1 N–H and O–H groups in total. The summed E-state index contributed by atoms with van der Waals surface area (Å²) in [6, 6.07) is 4.12. The van der Waals surface area contributed by atoms with Crippen LogP contribution in [0, 0.1) is 11.6 Å². The summed E-state index contributed by atoms with van der Waals surface area (Å²) in [6.45, 7) is 1.11. The molecule has 1 unspecified atom stereocenters. The number of aliphatic hydroxyl groups is 1. The molecule has 2 heterocycles. The van der Waals surface area contributed by atoms with Crippen molar-refractivity contribution in [1.29, 1.82) is 0 Å². The van der Waals surface area contributed by atoms with Crippen LogP contribution in [-0.2, 0) is 18.1 Å². The smallest absolute Gasteiger partial charge is 0.323 e. The Kier molecular flexibility index (Phi) is 5.27. The summed E-state index contributed by atoms with van der Waals surface area (Å²) in [4.78, 5) is 3.64. The third kappa shape index (κ3) is 3.52. The Morgan fingerprint density at radius 1 is 1.18 bits per heavy atom. The zero-order valence-corrected chi connectivity index (χ0v) is 14.6. The van der Waals surface area contributed by atoms with Crippen LogP contribution < -0.4 is 4.74 Å². The molecule has 0 fully saturated rings. The molecule has 2 aromatic heterocycles. The first-order chi connectivity index (χ1) is 13.3. The highest BCUT2D eigenvalue weighted by atomic mass is 19.3. The minimum atomic E-state index is -4.09. The SMILES string of the molecule is CCOc1ccc(C(F)(F)C(O)(Cn2cnnn2)c2ccc(F)cc2F)nc1. The largest absolute Gasteiger partial charge is 0.492 e. The molecule has 1 atom stereocenters. The predicted octanol–water partition coefficient (Wildman–Crippen LogP) is 2.42. The fourth-order valence-corrected chi connectivity index (χ4v) is 2.70. The minimum absolute atomic E-state index is 0.249. The lowest BCUT2D eigenvalue weighted by Gasteiger charge is -2.35. The van der Waals surface area contributed by atoms with E-state index in [1.165, 1.54) is 6.07 Å². The van der Waals surface area contributed by atoms with Gasteiger partial charge in [-0.05, 0) is 41.6 Å². The van der Waals surface area contributed by atoms with Crippen molar-refractivity contribution in [3.05, 3.63) is 65.7 Å². The molecule has 0 amide bonds. The standard InChI is InChI=1S/C17H15F4N5O2/c1-2-28-12-4-6-15(22-8-12)17(20,21)16(27,9-26-10-23-24-25-26)13-5-3-11(18)7-14(13)19/h3-8,10,27H,2,9H2,1H3. The van der Waals surface area contributed by atoms with E-state index in [4.69, 9.17) is 4.74 Å². The third-order valence-electron chi connectivity index (χ3n) is 4.05. The Balaban J connectivity index is 2.11. The second-order valence-corrected chi connectivity index (χ2v) is 5.88.